The van der Waals surface area contributed by atoms with E-state index >= 15 is 0 Å². The van der Waals surface area contributed by atoms with Gasteiger partial charge in [-0.15, -0.1) is 11.3 Å². The number of anilines is 2. The van der Waals surface area contributed by atoms with Gasteiger partial charge in [-0.05, 0) is 74.5 Å². The lowest BCUT2D eigenvalue weighted by Crippen LogP contribution is -2.14. The molecule has 3 aromatic heterocycles. The number of para-hydroxylation sites is 2. The van der Waals surface area contributed by atoms with Crippen molar-refractivity contribution in [1.82, 2.24) is 19.3 Å². The lowest BCUT2D eigenvalue weighted by Gasteiger charge is -2.14. The average molecular weight is 509 g/mol. The van der Waals surface area contributed by atoms with Crippen molar-refractivity contribution in [3.63, 3.8) is 0 Å². The third-order valence-electron chi connectivity index (χ3n) is 6.91. The number of carbonyl (C=O) groups excluding carboxylic acids is 1. The first kappa shape index (κ1) is 23.4. The Hall–Kier alpha value is -4.01. The summed E-state index contributed by atoms with van der Waals surface area (Å²) in [5.41, 5.74) is 12.9. The van der Waals surface area contributed by atoms with Crippen LogP contribution in [0.4, 0.5) is 11.4 Å². The van der Waals surface area contributed by atoms with Gasteiger partial charge in [0.15, 0.2) is 0 Å². The molecule has 0 spiro atoms. The third kappa shape index (κ3) is 4.39. The molecule has 7 nitrogen and oxygen atoms in total. The Balaban J connectivity index is 1.22. The maximum absolute atomic E-state index is 12.7. The molecule has 1 saturated carbocycles. The van der Waals surface area contributed by atoms with Crippen LogP contribution in [0.5, 0.6) is 0 Å². The van der Waals surface area contributed by atoms with Gasteiger partial charge in [-0.1, -0.05) is 24.3 Å². The molecule has 6 rings (SSSR count). The van der Waals surface area contributed by atoms with Crippen molar-refractivity contribution in [3.05, 3.63) is 100 Å². The largest absolute Gasteiger partial charge is 0.397 e. The number of fused-ring (bicyclic) bond motifs is 1. The zero-order valence-electron chi connectivity index (χ0n) is 20.8. The van der Waals surface area contributed by atoms with Crippen LogP contribution < -0.4 is 11.1 Å². The van der Waals surface area contributed by atoms with Gasteiger partial charge in [-0.25, -0.2) is 9.97 Å². The van der Waals surface area contributed by atoms with Gasteiger partial charge in [0.05, 0.1) is 29.0 Å². The summed E-state index contributed by atoms with van der Waals surface area (Å²) in [6.45, 7) is 0.878. The molecule has 8 heteroatoms. The summed E-state index contributed by atoms with van der Waals surface area (Å²) in [6.07, 6.45) is 6.08. The van der Waals surface area contributed by atoms with E-state index in [2.05, 4.69) is 69.5 Å². The van der Waals surface area contributed by atoms with Crippen molar-refractivity contribution < 1.29 is 4.79 Å². The highest BCUT2D eigenvalue weighted by Gasteiger charge is 2.48. The van der Waals surface area contributed by atoms with Crippen molar-refractivity contribution in [1.29, 1.82) is 0 Å². The smallest absolute Gasteiger partial charge is 0.255 e. The lowest BCUT2D eigenvalue weighted by molar-refractivity contribution is 0.102. The molecule has 0 bridgehead atoms. The van der Waals surface area contributed by atoms with Crippen molar-refractivity contribution in [2.45, 2.75) is 24.8 Å². The number of nitrogens with two attached hydrogens (primary N) is 1. The molecule has 0 unspecified atom stereocenters. The van der Waals surface area contributed by atoms with Crippen molar-refractivity contribution in [2.75, 3.05) is 25.1 Å². The molecule has 1 fully saturated rings. The van der Waals surface area contributed by atoms with Gasteiger partial charge >= 0.3 is 0 Å². The summed E-state index contributed by atoms with van der Waals surface area (Å²) in [4.78, 5) is 24.6. The number of pyridine rings is 1. The highest BCUT2D eigenvalue weighted by Crippen LogP contribution is 2.54. The Kier molecular flexibility index (Phi) is 5.78. The third-order valence-corrected chi connectivity index (χ3v) is 7.96. The quantitative estimate of drug-likeness (QED) is 0.286. The number of aromatic nitrogens is 3. The molecule has 0 saturated heterocycles. The normalized spacial score (nSPS) is 14.2. The Morgan fingerprint density at radius 3 is 2.65 bits per heavy atom. The maximum atomic E-state index is 12.7. The van der Waals surface area contributed by atoms with Crippen molar-refractivity contribution >= 4 is 34.3 Å². The Morgan fingerprint density at radius 2 is 1.92 bits per heavy atom. The number of amides is 1. The van der Waals surface area contributed by atoms with Crippen molar-refractivity contribution in [3.8, 4) is 11.4 Å². The van der Waals surface area contributed by atoms with Crippen LogP contribution in [0, 0.1) is 0 Å². The second-order valence-electron chi connectivity index (χ2n) is 9.88. The fourth-order valence-electron chi connectivity index (χ4n) is 4.78. The Bertz CT molecular complexity index is 1600. The second-order valence-corrected chi connectivity index (χ2v) is 10.7. The van der Waals surface area contributed by atoms with E-state index < -0.39 is 0 Å². The van der Waals surface area contributed by atoms with Gasteiger partial charge in [0, 0.05) is 29.1 Å². The lowest BCUT2D eigenvalue weighted by atomic mass is 9.95. The first-order valence-electron chi connectivity index (χ1n) is 12.3. The second kappa shape index (κ2) is 9.14. The molecule has 3 heterocycles. The number of imidazole rings is 1. The van der Waals surface area contributed by atoms with Gasteiger partial charge in [0.1, 0.15) is 10.7 Å². The van der Waals surface area contributed by atoms with E-state index in [0.29, 0.717) is 16.9 Å². The number of nitrogens with zero attached hydrogens (tertiary/aromatic N) is 4. The number of carbonyl (C=O) groups is 1. The Morgan fingerprint density at radius 1 is 1.14 bits per heavy atom. The molecule has 1 aliphatic carbocycles. The standard InChI is InChI=1S/C29H28N6OS/c1-34(2)17-19-11-14-35-25(16-31-26(35)15-19)24-18-37-28(33-24)29(12-13-29)21-9-7-20(8-10-21)27(36)32-23-6-4-3-5-22(23)30/h3-11,14-16,18H,12-13,17,30H2,1-2H3,(H,32,36). The topological polar surface area (TPSA) is 88.5 Å². The fraction of sp³-hybridized carbons (Fsp3) is 0.207. The van der Waals surface area contributed by atoms with Crippen LogP contribution in [-0.2, 0) is 12.0 Å². The van der Waals surface area contributed by atoms with E-state index in [1.165, 1.54) is 11.1 Å². The van der Waals surface area contributed by atoms with E-state index in [1.54, 1.807) is 23.5 Å². The van der Waals surface area contributed by atoms with E-state index in [4.69, 9.17) is 10.7 Å². The molecule has 5 aromatic rings. The minimum Gasteiger partial charge on any atom is -0.397 e. The van der Waals surface area contributed by atoms with Gasteiger partial charge in [0.2, 0.25) is 0 Å². The number of thiazole rings is 1. The molecule has 186 valence electrons. The van der Waals surface area contributed by atoms with Gasteiger partial charge in [0.25, 0.3) is 5.91 Å². The van der Waals surface area contributed by atoms with Crippen LogP contribution in [0.3, 0.4) is 0 Å². The van der Waals surface area contributed by atoms with Crippen LogP contribution in [0.2, 0.25) is 0 Å². The molecule has 1 aliphatic rings. The first-order valence-corrected chi connectivity index (χ1v) is 13.1. The number of hydrogen-bond donors (Lipinski definition) is 2. The summed E-state index contributed by atoms with van der Waals surface area (Å²) in [6, 6.07) is 19.4. The highest BCUT2D eigenvalue weighted by molar-refractivity contribution is 7.10. The number of nitrogens with one attached hydrogen (secondary N) is 1. The summed E-state index contributed by atoms with van der Waals surface area (Å²) in [5, 5.41) is 6.12. The van der Waals surface area contributed by atoms with Gasteiger partial charge in [-0.3, -0.25) is 9.20 Å². The number of rotatable bonds is 7. The SMILES string of the molecule is CN(C)Cc1ccn2c(-c3csc(C4(c5ccc(C(=O)Nc6ccccc6N)cc5)CC4)n3)cnc2c1. The molecular weight excluding hydrogens is 480 g/mol. The summed E-state index contributed by atoms with van der Waals surface area (Å²) >= 11 is 1.69. The average Bonchev–Trinajstić information content (AvgIpc) is 3.35. The van der Waals surface area contributed by atoms with Crippen LogP contribution >= 0.6 is 11.3 Å². The van der Waals surface area contributed by atoms with Crippen LogP contribution in [-0.4, -0.2) is 39.3 Å². The molecular formula is C29H28N6OS. The highest BCUT2D eigenvalue weighted by atomic mass is 32.1. The molecule has 0 radical (unpaired) electrons. The predicted octanol–water partition coefficient (Wildman–Crippen LogP) is 5.43. The molecule has 0 aliphatic heterocycles. The Labute approximate surface area is 219 Å². The van der Waals surface area contributed by atoms with Crippen LogP contribution in [0.1, 0.15) is 39.3 Å². The molecule has 2 aromatic carbocycles. The first-order chi connectivity index (χ1) is 17.9. The number of nitrogen functional groups attached to an aromatic ring is 1. The van der Waals surface area contributed by atoms with E-state index in [9.17, 15) is 4.79 Å². The molecule has 1 amide bonds. The summed E-state index contributed by atoms with van der Waals surface area (Å²) in [5.74, 6) is -0.174. The van der Waals surface area contributed by atoms with Crippen LogP contribution in [0.25, 0.3) is 17.0 Å². The summed E-state index contributed by atoms with van der Waals surface area (Å²) in [7, 11) is 4.13. The van der Waals surface area contributed by atoms with E-state index in [-0.39, 0.29) is 11.3 Å². The molecule has 0 atom stereocenters. The number of hydrogen-bond acceptors (Lipinski definition) is 6. The molecule has 37 heavy (non-hydrogen) atoms. The molecule has 3 N–H and O–H groups in total. The fourth-order valence-corrected chi connectivity index (χ4v) is 5.88. The maximum Gasteiger partial charge on any atom is 0.255 e. The number of benzene rings is 2. The van der Waals surface area contributed by atoms with Gasteiger partial charge in [-0.2, -0.15) is 0 Å². The zero-order valence-corrected chi connectivity index (χ0v) is 21.6. The zero-order chi connectivity index (χ0) is 25.6. The van der Waals surface area contributed by atoms with Crippen LogP contribution in [0.15, 0.2) is 78.4 Å². The predicted molar refractivity (Wildman–Crippen MR) is 149 cm³/mol. The van der Waals surface area contributed by atoms with Crippen molar-refractivity contribution in [2.24, 2.45) is 0 Å². The summed E-state index contributed by atoms with van der Waals surface area (Å²) < 4.78 is 2.10. The van der Waals surface area contributed by atoms with E-state index in [1.807, 2.05) is 30.5 Å². The monoisotopic (exact) mass is 508 g/mol. The minimum atomic E-state index is -0.174. The van der Waals surface area contributed by atoms with E-state index in [0.717, 1.165) is 41.4 Å². The van der Waals surface area contributed by atoms with Gasteiger partial charge < -0.3 is 16.0 Å². The minimum absolute atomic E-state index is 0.0822.